The van der Waals surface area contributed by atoms with Crippen LogP contribution in [0.25, 0.3) is 0 Å². The number of carbonyl (C=O) groups excluding carboxylic acids is 1. The Labute approximate surface area is 84.6 Å². The molecule has 0 amide bonds. The predicted octanol–water partition coefficient (Wildman–Crippen LogP) is 2.13. The molecule has 1 aliphatic rings. The number of halogens is 1. The van der Waals surface area contributed by atoms with Gasteiger partial charge in [0.1, 0.15) is 0 Å². The monoisotopic (exact) mass is 280 g/mol. The lowest BCUT2D eigenvalue weighted by molar-refractivity contribution is -0.133. The lowest BCUT2D eigenvalue weighted by Gasteiger charge is -2.03. The van der Waals surface area contributed by atoms with Crippen molar-refractivity contribution < 1.29 is 14.3 Å². The Kier molecular flexibility index (Phi) is 3.13. The van der Waals surface area contributed by atoms with Gasteiger partial charge in [-0.2, -0.15) is 0 Å². The fourth-order valence-corrected chi connectivity index (χ4v) is 1.31. The van der Waals surface area contributed by atoms with Gasteiger partial charge in [0.15, 0.2) is 11.5 Å². The summed E-state index contributed by atoms with van der Waals surface area (Å²) in [6.07, 6.45) is 0. The summed E-state index contributed by atoms with van der Waals surface area (Å²) >= 11 is 2.01. The second-order valence-corrected chi connectivity index (χ2v) is 2.87. The van der Waals surface area contributed by atoms with Gasteiger partial charge < -0.3 is 9.47 Å². The van der Waals surface area contributed by atoms with E-state index in [0.717, 1.165) is 0 Å². The lowest BCUT2D eigenvalue weighted by Crippen LogP contribution is -1.94. The average molecular weight is 280 g/mol. The van der Waals surface area contributed by atoms with Crippen LogP contribution in [0.2, 0.25) is 0 Å². The molecule has 0 atom stereocenters. The zero-order chi connectivity index (χ0) is 9.14. The van der Waals surface area contributed by atoms with E-state index in [1.807, 2.05) is 29.5 Å². The van der Waals surface area contributed by atoms with Crippen LogP contribution in [0, 0.1) is 0 Å². The molecule has 0 fully saturated rings. The minimum atomic E-state index is -0.318. The summed E-state index contributed by atoms with van der Waals surface area (Å²) in [5.41, 5.74) is 0.541. The highest BCUT2D eigenvalue weighted by Crippen LogP contribution is 2.27. The van der Waals surface area contributed by atoms with Gasteiger partial charge in [0.2, 0.25) is 0 Å². The van der Waals surface area contributed by atoms with E-state index in [-0.39, 0.29) is 5.97 Å². The van der Waals surface area contributed by atoms with Crippen LogP contribution in [0.3, 0.4) is 0 Å². The van der Waals surface area contributed by atoms with E-state index >= 15 is 0 Å². The molecule has 1 rings (SSSR count). The number of hydrogen-bond acceptors (Lipinski definition) is 3. The summed E-state index contributed by atoms with van der Waals surface area (Å²) in [5.74, 6) is 0.762. The summed E-state index contributed by atoms with van der Waals surface area (Å²) in [5, 5.41) is 0. The molecule has 0 unspecified atom stereocenters. The molecule has 4 heteroatoms. The third kappa shape index (κ3) is 1.63. The van der Waals surface area contributed by atoms with Crippen molar-refractivity contribution in [2.24, 2.45) is 0 Å². The molecule has 66 valence electrons. The van der Waals surface area contributed by atoms with Crippen molar-refractivity contribution in [3.63, 3.8) is 0 Å². The van der Waals surface area contributed by atoms with Gasteiger partial charge in [-0.15, -0.1) is 0 Å². The SMILES string of the molecule is CCOC1=C(C)C(=O)O/C1=C/I. The van der Waals surface area contributed by atoms with Gasteiger partial charge in [0.25, 0.3) is 0 Å². The Bertz CT molecular complexity index is 265. The zero-order valence-electron chi connectivity index (χ0n) is 6.89. The fraction of sp³-hybridized carbons (Fsp3) is 0.375. The second-order valence-electron chi connectivity index (χ2n) is 2.25. The number of ether oxygens (including phenoxy) is 2. The van der Waals surface area contributed by atoms with Crippen molar-refractivity contribution in [3.05, 3.63) is 21.2 Å². The van der Waals surface area contributed by atoms with E-state index in [0.29, 0.717) is 23.7 Å². The smallest absolute Gasteiger partial charge is 0.343 e. The van der Waals surface area contributed by atoms with Gasteiger partial charge in [0.05, 0.1) is 12.2 Å². The Morgan fingerprint density at radius 3 is 2.83 bits per heavy atom. The first-order valence-corrected chi connectivity index (χ1v) is 4.81. The number of carbonyl (C=O) groups is 1. The molecule has 0 saturated carbocycles. The summed E-state index contributed by atoms with van der Waals surface area (Å²) in [6, 6.07) is 0. The maximum absolute atomic E-state index is 11.0. The average Bonchev–Trinajstić information content (AvgIpc) is 2.33. The van der Waals surface area contributed by atoms with Crippen molar-refractivity contribution in [2.75, 3.05) is 6.61 Å². The topological polar surface area (TPSA) is 35.5 Å². The molecular weight excluding hydrogens is 271 g/mol. The van der Waals surface area contributed by atoms with Gasteiger partial charge in [-0.3, -0.25) is 0 Å². The quantitative estimate of drug-likeness (QED) is 0.574. The first-order chi connectivity index (χ1) is 5.70. The molecule has 12 heavy (non-hydrogen) atoms. The summed E-state index contributed by atoms with van der Waals surface area (Å²) in [6.45, 7) is 4.10. The van der Waals surface area contributed by atoms with Gasteiger partial charge >= 0.3 is 5.97 Å². The summed E-state index contributed by atoms with van der Waals surface area (Å²) < 4.78 is 11.8. The van der Waals surface area contributed by atoms with Gasteiger partial charge in [0, 0.05) is 4.08 Å². The lowest BCUT2D eigenvalue weighted by atomic mass is 10.3. The van der Waals surface area contributed by atoms with Crippen LogP contribution in [-0.2, 0) is 14.3 Å². The van der Waals surface area contributed by atoms with Crippen LogP contribution < -0.4 is 0 Å². The molecule has 0 radical (unpaired) electrons. The van der Waals surface area contributed by atoms with Crippen LogP contribution in [-0.4, -0.2) is 12.6 Å². The summed E-state index contributed by atoms with van der Waals surface area (Å²) in [7, 11) is 0. The predicted molar refractivity (Wildman–Crippen MR) is 52.5 cm³/mol. The molecule has 3 nitrogen and oxygen atoms in total. The van der Waals surface area contributed by atoms with E-state index < -0.39 is 0 Å². The molecule has 0 N–H and O–H groups in total. The van der Waals surface area contributed by atoms with Crippen LogP contribution in [0.5, 0.6) is 0 Å². The Balaban J connectivity index is 2.95. The van der Waals surface area contributed by atoms with Crippen molar-refractivity contribution in [2.45, 2.75) is 13.8 Å². The standard InChI is InChI=1S/C8H9IO3/c1-3-11-7-5(2)8(10)12-6(7)4-9/h4H,3H2,1-2H3/b6-4+. The van der Waals surface area contributed by atoms with E-state index in [2.05, 4.69) is 0 Å². The van der Waals surface area contributed by atoms with E-state index in [4.69, 9.17) is 9.47 Å². The minimum absolute atomic E-state index is 0.318. The highest BCUT2D eigenvalue weighted by atomic mass is 127. The third-order valence-electron chi connectivity index (χ3n) is 1.46. The highest BCUT2D eigenvalue weighted by molar-refractivity contribution is 14.1. The second kappa shape index (κ2) is 3.93. The van der Waals surface area contributed by atoms with Crippen molar-refractivity contribution in [1.29, 1.82) is 0 Å². The number of rotatable bonds is 2. The normalized spacial score (nSPS) is 20.2. The van der Waals surface area contributed by atoms with E-state index in [1.165, 1.54) is 0 Å². The largest absolute Gasteiger partial charge is 0.489 e. The van der Waals surface area contributed by atoms with Gasteiger partial charge in [-0.1, -0.05) is 0 Å². The Morgan fingerprint density at radius 2 is 2.33 bits per heavy atom. The van der Waals surface area contributed by atoms with Crippen LogP contribution in [0.15, 0.2) is 21.2 Å². The van der Waals surface area contributed by atoms with Crippen LogP contribution in [0.1, 0.15) is 13.8 Å². The maximum Gasteiger partial charge on any atom is 0.343 e. The molecule has 1 heterocycles. The Hall–Kier alpha value is -0.520. The molecule has 0 spiro atoms. The maximum atomic E-state index is 11.0. The fourth-order valence-electron chi connectivity index (χ4n) is 0.896. The highest BCUT2D eigenvalue weighted by Gasteiger charge is 2.27. The van der Waals surface area contributed by atoms with Crippen molar-refractivity contribution in [1.82, 2.24) is 0 Å². The molecular formula is C8H9IO3. The molecule has 0 aromatic rings. The molecule has 0 saturated heterocycles. The number of cyclic esters (lactones) is 1. The van der Waals surface area contributed by atoms with Crippen LogP contribution >= 0.6 is 22.6 Å². The first kappa shape index (κ1) is 9.57. The molecule has 0 bridgehead atoms. The van der Waals surface area contributed by atoms with Crippen molar-refractivity contribution >= 4 is 28.6 Å². The van der Waals surface area contributed by atoms with Gasteiger partial charge in [-0.05, 0) is 36.4 Å². The van der Waals surface area contributed by atoms with E-state index in [1.54, 1.807) is 11.0 Å². The zero-order valence-corrected chi connectivity index (χ0v) is 9.04. The van der Waals surface area contributed by atoms with Crippen LogP contribution in [0.4, 0.5) is 0 Å². The van der Waals surface area contributed by atoms with Crippen molar-refractivity contribution in [3.8, 4) is 0 Å². The molecule has 1 aliphatic heterocycles. The molecule has 0 aromatic heterocycles. The first-order valence-electron chi connectivity index (χ1n) is 3.57. The third-order valence-corrected chi connectivity index (χ3v) is 2.03. The number of hydrogen-bond donors (Lipinski definition) is 0. The molecule has 0 aliphatic carbocycles. The Morgan fingerprint density at radius 1 is 1.67 bits per heavy atom. The molecule has 0 aromatic carbocycles. The number of esters is 1. The van der Waals surface area contributed by atoms with E-state index in [9.17, 15) is 4.79 Å². The summed E-state index contributed by atoms with van der Waals surface area (Å²) in [4.78, 5) is 11.0. The minimum Gasteiger partial charge on any atom is -0.489 e. The van der Waals surface area contributed by atoms with Gasteiger partial charge in [-0.25, -0.2) is 4.79 Å².